The second kappa shape index (κ2) is 8.09. The van der Waals surface area contributed by atoms with Crippen LogP contribution in [0.3, 0.4) is 0 Å². The molecule has 0 heterocycles. The molecule has 1 aromatic rings. The van der Waals surface area contributed by atoms with Crippen LogP contribution in [-0.4, -0.2) is 26.4 Å². The van der Waals surface area contributed by atoms with Gasteiger partial charge in [0, 0.05) is 19.6 Å². The minimum atomic E-state index is 0.693. The summed E-state index contributed by atoms with van der Waals surface area (Å²) in [5.41, 5.74) is 7.78. The fraction of sp³-hybridized carbons (Fsp3) is 0.571. The van der Waals surface area contributed by atoms with Gasteiger partial charge >= 0.3 is 0 Å². The maximum Gasteiger partial charge on any atom is 0.122 e. The molecule has 0 aliphatic carbocycles. The Balaban J connectivity index is 2.15. The lowest BCUT2D eigenvalue weighted by Gasteiger charge is -2.10. The van der Waals surface area contributed by atoms with E-state index in [1.807, 2.05) is 0 Å². The van der Waals surface area contributed by atoms with Gasteiger partial charge in [-0.05, 0) is 44.0 Å². The van der Waals surface area contributed by atoms with Crippen LogP contribution < -0.4 is 10.5 Å². The van der Waals surface area contributed by atoms with Gasteiger partial charge in [0.15, 0.2) is 0 Å². The minimum Gasteiger partial charge on any atom is -0.493 e. The van der Waals surface area contributed by atoms with Gasteiger partial charge in [0.2, 0.25) is 0 Å². The molecule has 0 saturated carbocycles. The average Bonchev–Trinajstić information content (AvgIpc) is 2.32. The third-order valence-corrected chi connectivity index (χ3v) is 2.53. The number of rotatable bonds is 8. The van der Waals surface area contributed by atoms with Crippen LogP contribution in [0.5, 0.6) is 5.75 Å². The average molecular weight is 237 g/mol. The summed E-state index contributed by atoms with van der Waals surface area (Å²) in [6, 6.07) is 6.26. The lowest BCUT2D eigenvalue weighted by Crippen LogP contribution is -2.07. The van der Waals surface area contributed by atoms with E-state index in [2.05, 4.69) is 32.0 Å². The quantitative estimate of drug-likeness (QED) is 0.706. The Hall–Kier alpha value is -1.06. The van der Waals surface area contributed by atoms with Crippen molar-refractivity contribution in [1.82, 2.24) is 0 Å². The molecule has 0 fully saturated rings. The maximum absolute atomic E-state index is 5.72. The zero-order valence-electron chi connectivity index (χ0n) is 10.9. The van der Waals surface area contributed by atoms with E-state index in [4.69, 9.17) is 15.2 Å². The SMILES string of the molecule is Cc1ccc(C)c(OCCCOCCCN)c1. The highest BCUT2D eigenvalue weighted by Gasteiger charge is 1.99. The third kappa shape index (κ3) is 5.71. The first-order valence-electron chi connectivity index (χ1n) is 6.22. The second-order valence-corrected chi connectivity index (χ2v) is 4.23. The summed E-state index contributed by atoms with van der Waals surface area (Å²) >= 11 is 0. The Morgan fingerprint density at radius 1 is 1.06 bits per heavy atom. The zero-order valence-corrected chi connectivity index (χ0v) is 10.9. The highest BCUT2D eigenvalue weighted by atomic mass is 16.5. The smallest absolute Gasteiger partial charge is 0.122 e. The summed E-state index contributed by atoms with van der Waals surface area (Å²) in [6.45, 7) is 7.02. The fourth-order valence-corrected chi connectivity index (χ4v) is 1.49. The van der Waals surface area contributed by atoms with Gasteiger partial charge in [-0.2, -0.15) is 0 Å². The van der Waals surface area contributed by atoms with Crippen LogP contribution in [0.2, 0.25) is 0 Å². The first kappa shape index (κ1) is 14.0. The molecule has 0 radical (unpaired) electrons. The van der Waals surface area contributed by atoms with Gasteiger partial charge in [0.05, 0.1) is 6.61 Å². The van der Waals surface area contributed by atoms with Crippen molar-refractivity contribution in [2.45, 2.75) is 26.7 Å². The monoisotopic (exact) mass is 237 g/mol. The van der Waals surface area contributed by atoms with Gasteiger partial charge < -0.3 is 15.2 Å². The van der Waals surface area contributed by atoms with Crippen LogP contribution in [0.4, 0.5) is 0 Å². The molecule has 0 aliphatic rings. The summed E-state index contributed by atoms with van der Waals surface area (Å²) in [5, 5.41) is 0. The Labute approximate surface area is 104 Å². The van der Waals surface area contributed by atoms with Gasteiger partial charge in [0.25, 0.3) is 0 Å². The number of hydrogen-bond acceptors (Lipinski definition) is 3. The summed E-state index contributed by atoms with van der Waals surface area (Å²) in [7, 11) is 0. The van der Waals surface area contributed by atoms with E-state index in [0.29, 0.717) is 13.2 Å². The number of ether oxygens (including phenoxy) is 2. The standard InChI is InChI=1S/C14H23NO2/c1-12-5-6-13(2)14(11-12)17-10-4-9-16-8-3-7-15/h5-6,11H,3-4,7-10,15H2,1-2H3. The van der Waals surface area contributed by atoms with E-state index in [0.717, 1.165) is 31.8 Å². The lowest BCUT2D eigenvalue weighted by atomic mass is 10.1. The van der Waals surface area contributed by atoms with Crippen LogP contribution in [0.25, 0.3) is 0 Å². The van der Waals surface area contributed by atoms with Gasteiger partial charge in [-0.1, -0.05) is 12.1 Å². The number of aryl methyl sites for hydroxylation is 2. The molecule has 0 aliphatic heterocycles. The molecule has 96 valence electrons. The van der Waals surface area contributed by atoms with Gasteiger partial charge in [0.1, 0.15) is 5.75 Å². The number of nitrogens with two attached hydrogens (primary N) is 1. The van der Waals surface area contributed by atoms with E-state index >= 15 is 0 Å². The van der Waals surface area contributed by atoms with Crippen molar-refractivity contribution in [3.05, 3.63) is 29.3 Å². The Morgan fingerprint density at radius 2 is 1.82 bits per heavy atom. The Kier molecular flexibility index (Phi) is 6.67. The molecule has 1 aromatic carbocycles. The molecule has 1 rings (SSSR count). The molecule has 0 aromatic heterocycles. The number of hydrogen-bond donors (Lipinski definition) is 1. The lowest BCUT2D eigenvalue weighted by molar-refractivity contribution is 0.118. The Morgan fingerprint density at radius 3 is 2.59 bits per heavy atom. The van der Waals surface area contributed by atoms with E-state index in [1.54, 1.807) is 0 Å². The second-order valence-electron chi connectivity index (χ2n) is 4.23. The largest absolute Gasteiger partial charge is 0.493 e. The molecule has 0 unspecified atom stereocenters. The van der Waals surface area contributed by atoms with Crippen molar-refractivity contribution in [3.8, 4) is 5.75 Å². The normalized spacial score (nSPS) is 10.5. The van der Waals surface area contributed by atoms with Crippen LogP contribution in [0.1, 0.15) is 24.0 Å². The van der Waals surface area contributed by atoms with E-state index in [1.165, 1.54) is 11.1 Å². The van der Waals surface area contributed by atoms with Crippen LogP contribution in [0.15, 0.2) is 18.2 Å². The summed E-state index contributed by atoms with van der Waals surface area (Å²) in [5.74, 6) is 0.979. The van der Waals surface area contributed by atoms with Gasteiger partial charge in [-0.25, -0.2) is 0 Å². The molecule has 0 bridgehead atoms. The summed E-state index contributed by atoms with van der Waals surface area (Å²) in [4.78, 5) is 0. The predicted molar refractivity (Wildman–Crippen MR) is 70.5 cm³/mol. The van der Waals surface area contributed by atoms with Crippen LogP contribution >= 0.6 is 0 Å². The molecule has 0 amide bonds. The molecular weight excluding hydrogens is 214 g/mol. The van der Waals surface area contributed by atoms with Crippen molar-refractivity contribution >= 4 is 0 Å². The molecule has 0 spiro atoms. The van der Waals surface area contributed by atoms with Crippen molar-refractivity contribution in [3.63, 3.8) is 0 Å². The highest BCUT2D eigenvalue weighted by Crippen LogP contribution is 2.19. The van der Waals surface area contributed by atoms with Crippen molar-refractivity contribution in [2.75, 3.05) is 26.4 Å². The van der Waals surface area contributed by atoms with Crippen molar-refractivity contribution in [1.29, 1.82) is 0 Å². The minimum absolute atomic E-state index is 0.693. The molecule has 2 N–H and O–H groups in total. The topological polar surface area (TPSA) is 44.5 Å². The molecule has 0 atom stereocenters. The molecule has 0 saturated heterocycles. The molecule has 3 nitrogen and oxygen atoms in total. The third-order valence-electron chi connectivity index (χ3n) is 2.53. The van der Waals surface area contributed by atoms with E-state index < -0.39 is 0 Å². The van der Waals surface area contributed by atoms with E-state index in [-0.39, 0.29) is 0 Å². The fourth-order valence-electron chi connectivity index (χ4n) is 1.49. The van der Waals surface area contributed by atoms with Crippen LogP contribution in [0, 0.1) is 13.8 Å². The Bertz CT molecular complexity index is 326. The number of benzene rings is 1. The zero-order chi connectivity index (χ0) is 12.5. The molecule has 17 heavy (non-hydrogen) atoms. The molecule has 3 heteroatoms. The predicted octanol–water partition coefficient (Wildman–Crippen LogP) is 2.44. The summed E-state index contributed by atoms with van der Waals surface area (Å²) in [6.07, 6.45) is 1.84. The van der Waals surface area contributed by atoms with Gasteiger partial charge in [-0.15, -0.1) is 0 Å². The summed E-state index contributed by atoms with van der Waals surface area (Å²) < 4.78 is 11.1. The first-order valence-corrected chi connectivity index (χ1v) is 6.22. The molecular formula is C14H23NO2. The maximum atomic E-state index is 5.72. The van der Waals surface area contributed by atoms with Crippen LogP contribution in [-0.2, 0) is 4.74 Å². The highest BCUT2D eigenvalue weighted by molar-refractivity contribution is 5.35. The van der Waals surface area contributed by atoms with Gasteiger partial charge in [-0.3, -0.25) is 0 Å². The van der Waals surface area contributed by atoms with Crippen molar-refractivity contribution in [2.24, 2.45) is 5.73 Å². The van der Waals surface area contributed by atoms with Crippen molar-refractivity contribution < 1.29 is 9.47 Å². The van der Waals surface area contributed by atoms with E-state index in [9.17, 15) is 0 Å². The first-order chi connectivity index (χ1) is 8.24.